The van der Waals surface area contributed by atoms with E-state index in [4.69, 9.17) is 26.2 Å². The second-order valence-electron chi connectivity index (χ2n) is 8.15. The Kier molecular flexibility index (Phi) is 7.48. The molecule has 32 heavy (non-hydrogen) atoms. The average Bonchev–Trinajstić information content (AvgIpc) is 3.60. The number of halogens is 1. The van der Waals surface area contributed by atoms with Gasteiger partial charge < -0.3 is 14.6 Å². The molecule has 0 saturated heterocycles. The first-order valence-electron chi connectivity index (χ1n) is 11.1. The molecule has 1 saturated carbocycles. The third kappa shape index (κ3) is 5.70. The lowest BCUT2D eigenvalue weighted by molar-refractivity contribution is 0.0177. The Morgan fingerprint density at radius 3 is 2.53 bits per heavy atom. The molecule has 0 amide bonds. The molecule has 1 N–H and O–H groups in total. The maximum atomic E-state index is 10.5. The Morgan fingerprint density at radius 1 is 1.16 bits per heavy atom. The first-order chi connectivity index (χ1) is 15.5. The van der Waals surface area contributed by atoms with E-state index in [9.17, 15) is 5.11 Å². The zero-order valence-corrected chi connectivity index (χ0v) is 19.3. The predicted octanol–water partition coefficient (Wildman–Crippen LogP) is 4.99. The van der Waals surface area contributed by atoms with Crippen molar-refractivity contribution in [1.82, 2.24) is 14.7 Å². The van der Waals surface area contributed by atoms with Crippen LogP contribution in [0.1, 0.15) is 31.0 Å². The number of hydrogen-bond donors (Lipinski definition) is 1. The van der Waals surface area contributed by atoms with Gasteiger partial charge in [-0.25, -0.2) is 4.68 Å². The van der Waals surface area contributed by atoms with E-state index in [2.05, 4.69) is 4.90 Å². The Hall–Kier alpha value is -2.38. The minimum absolute atomic E-state index is 0.343. The molecule has 6 nitrogen and oxygen atoms in total. The number of benzene rings is 2. The van der Waals surface area contributed by atoms with Crippen LogP contribution in [0, 0.1) is 6.92 Å². The summed E-state index contributed by atoms with van der Waals surface area (Å²) in [6, 6.07) is 17.8. The number of aryl methyl sites for hydroxylation is 1. The number of nitrogens with zero attached hydrogens (tertiary/aromatic N) is 3. The first kappa shape index (κ1) is 22.8. The summed E-state index contributed by atoms with van der Waals surface area (Å²) in [4.78, 5) is 2.32. The van der Waals surface area contributed by atoms with Crippen LogP contribution >= 0.6 is 11.6 Å². The van der Waals surface area contributed by atoms with Crippen LogP contribution in [-0.4, -0.2) is 51.7 Å². The van der Waals surface area contributed by atoms with Crippen molar-refractivity contribution in [2.24, 2.45) is 0 Å². The highest BCUT2D eigenvalue weighted by Crippen LogP contribution is 2.35. The molecule has 1 aromatic heterocycles. The third-order valence-electron chi connectivity index (χ3n) is 5.55. The molecular weight excluding hydrogens is 426 g/mol. The topological polar surface area (TPSA) is 59.8 Å². The summed E-state index contributed by atoms with van der Waals surface area (Å²) >= 11 is 6.06. The fourth-order valence-corrected chi connectivity index (χ4v) is 3.87. The van der Waals surface area contributed by atoms with E-state index in [1.165, 1.54) is 0 Å². The van der Waals surface area contributed by atoms with Crippen molar-refractivity contribution in [2.45, 2.75) is 45.4 Å². The van der Waals surface area contributed by atoms with Crippen molar-refractivity contribution in [3.63, 3.8) is 0 Å². The molecule has 1 aliphatic rings. The van der Waals surface area contributed by atoms with E-state index in [1.54, 1.807) is 0 Å². The summed E-state index contributed by atoms with van der Waals surface area (Å²) in [5, 5.41) is 15.9. The van der Waals surface area contributed by atoms with Gasteiger partial charge in [-0.2, -0.15) is 5.10 Å². The summed E-state index contributed by atoms with van der Waals surface area (Å²) in [6.45, 7) is 6.09. The molecule has 0 unspecified atom stereocenters. The van der Waals surface area contributed by atoms with Crippen molar-refractivity contribution in [2.75, 3.05) is 19.8 Å². The zero-order valence-electron chi connectivity index (χ0n) is 18.6. The van der Waals surface area contributed by atoms with Crippen molar-refractivity contribution < 1.29 is 14.6 Å². The van der Waals surface area contributed by atoms with Gasteiger partial charge >= 0.3 is 0 Å². The highest BCUT2D eigenvalue weighted by Gasteiger charge is 2.32. The second kappa shape index (κ2) is 10.5. The van der Waals surface area contributed by atoms with Crippen LogP contribution in [0.25, 0.3) is 5.69 Å². The summed E-state index contributed by atoms with van der Waals surface area (Å²) in [5.41, 5.74) is 2.85. The zero-order chi connectivity index (χ0) is 22.5. The number of aliphatic hydroxyl groups is 1. The highest BCUT2D eigenvalue weighted by atomic mass is 35.5. The van der Waals surface area contributed by atoms with Crippen LogP contribution in [0.5, 0.6) is 11.6 Å². The Balaban J connectivity index is 1.65. The van der Waals surface area contributed by atoms with Crippen LogP contribution in [0.2, 0.25) is 5.02 Å². The van der Waals surface area contributed by atoms with E-state index in [0.717, 1.165) is 29.8 Å². The molecule has 0 spiro atoms. The van der Waals surface area contributed by atoms with Gasteiger partial charge in [-0.1, -0.05) is 29.8 Å². The Bertz CT molecular complexity index is 1000. The summed E-state index contributed by atoms with van der Waals surface area (Å²) in [6.07, 6.45) is 1.75. The SMILES string of the molecule is CCOC[C@H](O)CN(Cc1c(C)nn(-c2ccccc2)c1Oc1ccc(Cl)cc1)C1CC1. The van der Waals surface area contributed by atoms with Crippen molar-refractivity contribution in [3.8, 4) is 17.3 Å². The second-order valence-corrected chi connectivity index (χ2v) is 8.58. The molecular formula is C25H30ClN3O3. The number of para-hydroxylation sites is 1. The molecule has 1 fully saturated rings. The molecule has 1 heterocycles. The van der Waals surface area contributed by atoms with E-state index < -0.39 is 6.10 Å². The fourth-order valence-electron chi connectivity index (χ4n) is 3.75. The molecule has 0 bridgehead atoms. The molecule has 0 aliphatic heterocycles. The van der Waals surface area contributed by atoms with E-state index in [0.29, 0.717) is 49.0 Å². The molecule has 4 rings (SSSR count). The van der Waals surface area contributed by atoms with Gasteiger partial charge in [0.15, 0.2) is 0 Å². The molecule has 1 atom stereocenters. The third-order valence-corrected chi connectivity index (χ3v) is 5.80. The summed E-state index contributed by atoms with van der Waals surface area (Å²) in [7, 11) is 0. The maximum Gasteiger partial charge on any atom is 0.227 e. The van der Waals surface area contributed by atoms with Gasteiger partial charge in [0, 0.05) is 30.8 Å². The smallest absolute Gasteiger partial charge is 0.227 e. The number of aliphatic hydroxyl groups excluding tert-OH is 1. The Labute approximate surface area is 194 Å². The Morgan fingerprint density at radius 2 is 1.88 bits per heavy atom. The molecule has 2 aromatic carbocycles. The number of rotatable bonds is 11. The number of hydrogen-bond acceptors (Lipinski definition) is 5. The van der Waals surface area contributed by atoms with Gasteiger partial charge in [0.1, 0.15) is 5.75 Å². The fraction of sp³-hybridized carbons (Fsp3) is 0.400. The molecule has 1 aliphatic carbocycles. The largest absolute Gasteiger partial charge is 0.439 e. The number of ether oxygens (including phenoxy) is 2. The van der Waals surface area contributed by atoms with Crippen molar-refractivity contribution >= 4 is 11.6 Å². The van der Waals surface area contributed by atoms with E-state index in [1.807, 2.05) is 73.1 Å². The number of aromatic nitrogens is 2. The van der Waals surface area contributed by atoms with Gasteiger partial charge in [0.2, 0.25) is 5.88 Å². The summed E-state index contributed by atoms with van der Waals surface area (Å²) in [5.74, 6) is 1.38. The maximum absolute atomic E-state index is 10.5. The van der Waals surface area contributed by atoms with Crippen LogP contribution in [0.3, 0.4) is 0 Å². The first-order valence-corrected chi connectivity index (χ1v) is 11.5. The standard InChI is InChI=1S/C25H30ClN3O3/c1-3-31-17-22(30)15-28(20-11-12-20)16-24-18(2)27-29(21-7-5-4-6-8-21)25(24)32-23-13-9-19(26)10-14-23/h4-10,13-14,20,22,30H,3,11-12,15-17H2,1-2H3/t22-/m1/s1. The molecule has 7 heteroatoms. The van der Waals surface area contributed by atoms with Crippen LogP contribution in [0.4, 0.5) is 0 Å². The van der Waals surface area contributed by atoms with E-state index >= 15 is 0 Å². The minimum Gasteiger partial charge on any atom is -0.439 e. The van der Waals surface area contributed by atoms with Gasteiger partial charge in [-0.15, -0.1) is 0 Å². The van der Waals surface area contributed by atoms with Gasteiger partial charge in [0.05, 0.1) is 29.7 Å². The molecule has 170 valence electrons. The highest BCUT2D eigenvalue weighted by molar-refractivity contribution is 6.30. The van der Waals surface area contributed by atoms with E-state index in [-0.39, 0.29) is 0 Å². The normalized spacial score (nSPS) is 14.7. The lowest BCUT2D eigenvalue weighted by Crippen LogP contribution is -2.36. The van der Waals surface area contributed by atoms with Crippen LogP contribution in [0.15, 0.2) is 54.6 Å². The summed E-state index contributed by atoms with van der Waals surface area (Å²) < 4.78 is 13.6. The van der Waals surface area contributed by atoms with Crippen molar-refractivity contribution in [1.29, 1.82) is 0 Å². The molecule has 0 radical (unpaired) electrons. The predicted molar refractivity (Wildman–Crippen MR) is 126 cm³/mol. The minimum atomic E-state index is -0.527. The monoisotopic (exact) mass is 455 g/mol. The van der Waals surface area contributed by atoms with Crippen LogP contribution in [-0.2, 0) is 11.3 Å². The lowest BCUT2D eigenvalue weighted by Gasteiger charge is -2.25. The van der Waals surface area contributed by atoms with Gasteiger partial charge in [-0.3, -0.25) is 4.90 Å². The molecule has 3 aromatic rings. The average molecular weight is 456 g/mol. The van der Waals surface area contributed by atoms with Gasteiger partial charge in [-0.05, 0) is 63.1 Å². The van der Waals surface area contributed by atoms with Crippen LogP contribution < -0.4 is 4.74 Å². The lowest BCUT2D eigenvalue weighted by atomic mass is 10.2. The van der Waals surface area contributed by atoms with Gasteiger partial charge in [0.25, 0.3) is 0 Å². The van der Waals surface area contributed by atoms with Crippen molar-refractivity contribution in [3.05, 3.63) is 70.9 Å². The quantitative estimate of drug-likeness (QED) is 0.441.